The third-order valence-electron chi connectivity index (χ3n) is 3.05. The summed E-state index contributed by atoms with van der Waals surface area (Å²) in [6.45, 7) is 13.9. The molecule has 0 spiro atoms. The first-order chi connectivity index (χ1) is 9.10. The normalized spacial score (nSPS) is 13.2. The van der Waals surface area contributed by atoms with Crippen molar-refractivity contribution in [1.29, 1.82) is 0 Å². The Balaban J connectivity index is 2.82. The summed E-state index contributed by atoms with van der Waals surface area (Å²) in [5, 5.41) is 2.93. The van der Waals surface area contributed by atoms with E-state index in [1.54, 1.807) is 6.92 Å². The van der Waals surface area contributed by atoms with Gasteiger partial charge in [-0.2, -0.15) is 0 Å². The van der Waals surface area contributed by atoms with Gasteiger partial charge >= 0.3 is 0 Å². The van der Waals surface area contributed by atoms with Crippen LogP contribution in [0, 0.1) is 6.92 Å². The predicted octanol–water partition coefficient (Wildman–Crippen LogP) is 3.80. The number of carbonyl (C=O) groups excluding carboxylic acids is 1. The summed E-state index contributed by atoms with van der Waals surface area (Å²) in [5.41, 5.74) is 2.02. The van der Waals surface area contributed by atoms with Crippen molar-refractivity contribution in [3.05, 3.63) is 29.3 Å². The van der Waals surface area contributed by atoms with Crippen LogP contribution >= 0.6 is 0 Å². The Labute approximate surface area is 122 Å². The smallest absolute Gasteiger partial charge is 0.261 e. The van der Waals surface area contributed by atoms with E-state index in [-0.39, 0.29) is 11.4 Å². The number of ether oxygens (including phenoxy) is 1. The molecule has 3 heteroatoms. The molecule has 0 aliphatic carbocycles. The molecule has 0 aliphatic rings. The van der Waals surface area contributed by atoms with Crippen molar-refractivity contribution in [3.63, 3.8) is 0 Å². The van der Waals surface area contributed by atoms with Crippen LogP contribution in [-0.2, 0) is 4.79 Å². The highest BCUT2D eigenvalue weighted by Gasteiger charge is 2.21. The molecule has 0 bridgehead atoms. The minimum Gasteiger partial charge on any atom is -0.481 e. The van der Waals surface area contributed by atoms with Gasteiger partial charge in [-0.05, 0) is 57.7 Å². The second-order valence-electron chi connectivity index (χ2n) is 6.68. The molecule has 112 valence electrons. The van der Waals surface area contributed by atoms with Gasteiger partial charge in [-0.3, -0.25) is 4.79 Å². The van der Waals surface area contributed by atoms with E-state index >= 15 is 0 Å². The second kappa shape index (κ2) is 6.29. The van der Waals surface area contributed by atoms with Gasteiger partial charge in [-0.1, -0.05) is 26.0 Å². The quantitative estimate of drug-likeness (QED) is 0.909. The first kappa shape index (κ1) is 16.5. The molecule has 1 amide bonds. The minimum absolute atomic E-state index is 0.0909. The number of nitrogens with one attached hydrogen (secondary N) is 1. The van der Waals surface area contributed by atoms with Gasteiger partial charge in [0.2, 0.25) is 0 Å². The molecule has 1 aromatic carbocycles. The van der Waals surface area contributed by atoms with Crippen LogP contribution in [0.2, 0.25) is 0 Å². The van der Waals surface area contributed by atoms with Gasteiger partial charge in [0.05, 0.1) is 0 Å². The van der Waals surface area contributed by atoms with E-state index in [0.717, 1.165) is 11.3 Å². The average molecular weight is 277 g/mol. The van der Waals surface area contributed by atoms with E-state index < -0.39 is 6.10 Å². The van der Waals surface area contributed by atoms with Crippen molar-refractivity contribution >= 4 is 5.91 Å². The molecule has 0 aliphatic heterocycles. The highest BCUT2D eigenvalue weighted by atomic mass is 16.5. The van der Waals surface area contributed by atoms with E-state index in [1.165, 1.54) is 5.56 Å². The lowest BCUT2D eigenvalue weighted by Gasteiger charge is -2.24. The Kier molecular flexibility index (Phi) is 5.21. The second-order valence-corrected chi connectivity index (χ2v) is 6.68. The summed E-state index contributed by atoms with van der Waals surface area (Å²) in [5.74, 6) is 1.14. The first-order valence-electron chi connectivity index (χ1n) is 7.19. The Morgan fingerprint density at radius 2 is 1.80 bits per heavy atom. The number of benzene rings is 1. The SMILES string of the molecule is Cc1ccc(C(C)C)cc1OC(C)C(=O)NC(C)(C)C. The van der Waals surface area contributed by atoms with Crippen molar-refractivity contribution in [1.82, 2.24) is 5.32 Å². The lowest BCUT2D eigenvalue weighted by atomic mass is 10.0. The number of hydrogen-bond acceptors (Lipinski definition) is 2. The lowest BCUT2D eigenvalue weighted by Crippen LogP contribution is -2.46. The monoisotopic (exact) mass is 277 g/mol. The van der Waals surface area contributed by atoms with Crippen molar-refractivity contribution in [2.45, 2.75) is 66.0 Å². The summed E-state index contributed by atoms with van der Waals surface area (Å²) in [6.07, 6.45) is -0.504. The zero-order valence-corrected chi connectivity index (χ0v) is 13.7. The van der Waals surface area contributed by atoms with Gasteiger partial charge in [0.25, 0.3) is 5.91 Å². The Morgan fingerprint density at radius 1 is 1.20 bits per heavy atom. The van der Waals surface area contributed by atoms with Crippen LogP contribution in [0.4, 0.5) is 0 Å². The van der Waals surface area contributed by atoms with E-state index in [0.29, 0.717) is 5.92 Å². The van der Waals surface area contributed by atoms with Crippen molar-refractivity contribution in [2.24, 2.45) is 0 Å². The molecule has 20 heavy (non-hydrogen) atoms. The molecule has 1 atom stereocenters. The molecule has 0 aromatic heterocycles. The maximum Gasteiger partial charge on any atom is 0.261 e. The zero-order valence-electron chi connectivity index (χ0n) is 13.7. The summed E-state index contributed by atoms with van der Waals surface area (Å²) in [4.78, 5) is 12.1. The van der Waals surface area contributed by atoms with Gasteiger partial charge in [-0.15, -0.1) is 0 Å². The molecule has 1 unspecified atom stereocenters. The van der Waals surface area contributed by atoms with Crippen LogP contribution in [0.3, 0.4) is 0 Å². The number of hydrogen-bond donors (Lipinski definition) is 1. The van der Waals surface area contributed by atoms with Crippen LogP contribution in [0.15, 0.2) is 18.2 Å². The number of aryl methyl sites for hydroxylation is 1. The highest BCUT2D eigenvalue weighted by Crippen LogP contribution is 2.25. The first-order valence-corrected chi connectivity index (χ1v) is 7.19. The standard InChI is InChI=1S/C17H27NO2/c1-11(2)14-9-8-12(3)15(10-14)20-13(4)16(19)18-17(5,6)7/h8-11,13H,1-7H3,(H,18,19). The van der Waals surface area contributed by atoms with Crippen LogP contribution < -0.4 is 10.1 Å². The largest absolute Gasteiger partial charge is 0.481 e. The van der Waals surface area contributed by atoms with Gasteiger partial charge in [0.15, 0.2) is 6.10 Å². The van der Waals surface area contributed by atoms with Crippen molar-refractivity contribution < 1.29 is 9.53 Å². The lowest BCUT2D eigenvalue weighted by molar-refractivity contribution is -0.128. The van der Waals surface area contributed by atoms with Gasteiger partial charge in [0, 0.05) is 5.54 Å². The fourth-order valence-electron chi connectivity index (χ4n) is 1.82. The third-order valence-corrected chi connectivity index (χ3v) is 3.05. The predicted molar refractivity (Wildman–Crippen MR) is 83.3 cm³/mol. The van der Waals surface area contributed by atoms with Crippen LogP contribution in [0.1, 0.15) is 58.6 Å². The van der Waals surface area contributed by atoms with Gasteiger partial charge in [0.1, 0.15) is 5.75 Å². The zero-order chi connectivity index (χ0) is 15.5. The van der Waals surface area contributed by atoms with Gasteiger partial charge in [-0.25, -0.2) is 0 Å². The van der Waals surface area contributed by atoms with E-state index in [2.05, 4.69) is 25.2 Å². The molecule has 1 aromatic rings. The van der Waals surface area contributed by atoms with Crippen molar-refractivity contribution in [3.8, 4) is 5.75 Å². The number of carbonyl (C=O) groups is 1. The van der Waals surface area contributed by atoms with Crippen molar-refractivity contribution in [2.75, 3.05) is 0 Å². The molecule has 0 saturated carbocycles. The Bertz CT molecular complexity index is 472. The molecule has 0 saturated heterocycles. The molecule has 0 heterocycles. The number of rotatable bonds is 4. The molecule has 0 fully saturated rings. The third kappa shape index (κ3) is 4.87. The van der Waals surface area contributed by atoms with E-state index in [4.69, 9.17) is 4.74 Å². The van der Waals surface area contributed by atoms with Crippen LogP contribution in [-0.4, -0.2) is 17.6 Å². The van der Waals surface area contributed by atoms with E-state index in [9.17, 15) is 4.79 Å². The molecule has 3 nitrogen and oxygen atoms in total. The molecule has 0 radical (unpaired) electrons. The summed E-state index contributed by atoms with van der Waals surface area (Å²) < 4.78 is 5.83. The maximum atomic E-state index is 12.1. The molecule has 1 rings (SSSR count). The average Bonchev–Trinajstić information content (AvgIpc) is 2.29. The molecular formula is C17H27NO2. The minimum atomic E-state index is -0.504. The number of amides is 1. The Morgan fingerprint density at radius 3 is 2.30 bits per heavy atom. The summed E-state index contributed by atoms with van der Waals surface area (Å²) >= 11 is 0. The fraction of sp³-hybridized carbons (Fsp3) is 0.588. The van der Waals surface area contributed by atoms with Crippen LogP contribution in [0.25, 0.3) is 0 Å². The summed E-state index contributed by atoms with van der Waals surface area (Å²) in [6, 6.07) is 6.17. The summed E-state index contributed by atoms with van der Waals surface area (Å²) in [7, 11) is 0. The fourth-order valence-corrected chi connectivity index (χ4v) is 1.82. The molecule has 1 N–H and O–H groups in total. The highest BCUT2D eigenvalue weighted by molar-refractivity contribution is 5.81. The Hall–Kier alpha value is -1.51. The van der Waals surface area contributed by atoms with Crippen LogP contribution in [0.5, 0.6) is 5.75 Å². The van der Waals surface area contributed by atoms with Gasteiger partial charge < -0.3 is 10.1 Å². The molecular weight excluding hydrogens is 250 g/mol. The topological polar surface area (TPSA) is 38.3 Å². The maximum absolute atomic E-state index is 12.1. The van der Waals surface area contributed by atoms with E-state index in [1.807, 2.05) is 39.8 Å².